The van der Waals surface area contributed by atoms with Gasteiger partial charge in [0.1, 0.15) is 51.0 Å². The topological polar surface area (TPSA) is 88.2 Å². The molecule has 0 radical (unpaired) electrons. The van der Waals surface area contributed by atoms with E-state index in [4.69, 9.17) is 9.47 Å². The molecule has 2 aromatic rings. The van der Waals surface area contributed by atoms with Crippen LogP contribution in [0.25, 0.3) is 0 Å². The Labute approximate surface area is 235 Å². The Morgan fingerprint density at radius 1 is 0.949 bits per heavy atom. The Morgan fingerprint density at radius 3 is 2.23 bits per heavy atom. The summed E-state index contributed by atoms with van der Waals surface area (Å²) in [4.78, 5) is 41.4. The third kappa shape index (κ3) is 4.97. The van der Waals surface area contributed by atoms with Crippen molar-refractivity contribution in [2.45, 2.75) is 37.4 Å². The number of rotatable bonds is 6. The average Bonchev–Trinajstić information content (AvgIpc) is 3.25. The van der Waals surface area contributed by atoms with Gasteiger partial charge in [-0.3, -0.25) is 24.6 Å². The largest absolute Gasteiger partial charge is 0.495 e. The molecule has 3 aliphatic rings. The fourth-order valence-corrected chi connectivity index (χ4v) is 6.67. The molecule has 0 aromatic heterocycles. The molecule has 14 heteroatoms. The molecular formula is C25H33B6N3O5. The number of piperidine rings is 1. The number of morpholine rings is 1. The van der Waals surface area contributed by atoms with Crippen molar-refractivity contribution in [3.05, 3.63) is 40.5 Å². The number of hydrogen-bond acceptors (Lipinski definition) is 6. The number of fused-ring (bicyclic) bond motifs is 1. The van der Waals surface area contributed by atoms with Crippen LogP contribution in [0.15, 0.2) is 18.2 Å². The Morgan fingerprint density at radius 2 is 1.59 bits per heavy atom. The molecule has 2 aromatic carbocycles. The summed E-state index contributed by atoms with van der Waals surface area (Å²) < 4.78 is 12.2. The molecular weight excluding hydrogens is 487 g/mol. The summed E-state index contributed by atoms with van der Waals surface area (Å²) in [5, 5.41) is 2.37. The van der Waals surface area contributed by atoms with Crippen LogP contribution in [-0.2, 0) is 20.9 Å². The van der Waals surface area contributed by atoms with Gasteiger partial charge in [-0.15, -0.1) is 0 Å². The molecule has 1 N–H and O–H groups in total. The van der Waals surface area contributed by atoms with E-state index in [1.165, 1.54) is 33.0 Å². The molecule has 3 heterocycles. The summed E-state index contributed by atoms with van der Waals surface area (Å²) in [6.45, 7) is 3.71. The van der Waals surface area contributed by atoms with Crippen LogP contribution in [-0.4, -0.2) is 107 Å². The summed E-state index contributed by atoms with van der Waals surface area (Å²) in [6.07, 6.45) is 0.567. The second kappa shape index (κ2) is 11.0. The molecule has 39 heavy (non-hydrogen) atoms. The van der Waals surface area contributed by atoms with Crippen LogP contribution in [0.2, 0.25) is 0 Å². The van der Waals surface area contributed by atoms with E-state index < -0.39 is 11.9 Å². The molecule has 2 saturated heterocycles. The lowest BCUT2D eigenvalue weighted by Crippen LogP contribution is -2.52. The van der Waals surface area contributed by atoms with Gasteiger partial charge < -0.3 is 14.4 Å². The van der Waals surface area contributed by atoms with Crippen LogP contribution in [0, 0.1) is 0 Å². The van der Waals surface area contributed by atoms with E-state index in [1.54, 1.807) is 11.0 Å². The highest BCUT2D eigenvalue weighted by Crippen LogP contribution is 2.35. The summed E-state index contributed by atoms with van der Waals surface area (Å²) in [5.41, 5.74) is 8.95. The Kier molecular flexibility index (Phi) is 7.79. The first-order valence-electron chi connectivity index (χ1n) is 13.9. The van der Waals surface area contributed by atoms with Crippen LogP contribution < -0.4 is 31.9 Å². The SMILES string of the molecule is Bc1c(B)c(C(B)N2CCOCC2)c(B)c(B)c1C(B)Oc1cccc2c1CN(C1CCC(=O)NC1=O)C2=O. The van der Waals surface area contributed by atoms with Gasteiger partial charge in [-0.25, -0.2) is 0 Å². The van der Waals surface area contributed by atoms with Crippen molar-refractivity contribution < 1.29 is 23.9 Å². The minimum absolute atomic E-state index is 0.196. The van der Waals surface area contributed by atoms with Crippen molar-refractivity contribution >= 4 is 86.7 Å². The van der Waals surface area contributed by atoms with Crippen LogP contribution in [0.5, 0.6) is 5.75 Å². The molecule has 196 valence electrons. The molecule has 3 unspecified atom stereocenters. The zero-order chi connectivity index (χ0) is 28.0. The highest BCUT2D eigenvalue weighted by molar-refractivity contribution is 6.58. The van der Waals surface area contributed by atoms with Crippen molar-refractivity contribution in [3.63, 3.8) is 0 Å². The van der Waals surface area contributed by atoms with Crippen LogP contribution in [0.1, 0.15) is 51.8 Å². The van der Waals surface area contributed by atoms with E-state index in [2.05, 4.69) is 57.3 Å². The smallest absolute Gasteiger partial charge is 0.255 e. The molecule has 3 aliphatic heterocycles. The van der Waals surface area contributed by atoms with Gasteiger partial charge in [0.25, 0.3) is 5.91 Å². The number of nitrogens with zero attached hydrogens (tertiary/aromatic N) is 2. The number of amides is 3. The number of hydrogen-bond donors (Lipinski definition) is 1. The van der Waals surface area contributed by atoms with Gasteiger partial charge >= 0.3 is 0 Å². The van der Waals surface area contributed by atoms with Gasteiger partial charge in [-0.1, -0.05) is 33.5 Å². The lowest BCUT2D eigenvalue weighted by atomic mass is 9.59. The summed E-state index contributed by atoms with van der Waals surface area (Å²) in [7, 11) is 13.1. The van der Waals surface area contributed by atoms with E-state index in [1.807, 2.05) is 12.1 Å². The second-order valence-corrected chi connectivity index (χ2v) is 11.1. The van der Waals surface area contributed by atoms with E-state index >= 15 is 0 Å². The number of imide groups is 1. The predicted octanol–water partition coefficient (Wildman–Crippen LogP) is -6.84. The molecule has 2 fully saturated rings. The van der Waals surface area contributed by atoms with E-state index in [-0.39, 0.29) is 30.8 Å². The Bertz CT molecular complexity index is 1320. The fraction of sp³-hybridized carbons (Fsp3) is 0.400. The monoisotopic (exact) mass is 521 g/mol. The minimum atomic E-state index is -0.649. The molecule has 0 saturated carbocycles. The molecule has 3 amide bonds. The number of ether oxygens (including phenoxy) is 2. The lowest BCUT2D eigenvalue weighted by molar-refractivity contribution is -0.136. The third-order valence-electron chi connectivity index (χ3n) is 9.00. The number of carbonyl (C=O) groups is 3. The summed E-state index contributed by atoms with van der Waals surface area (Å²) in [6, 6.07) is 4.63. The minimum Gasteiger partial charge on any atom is -0.495 e. The van der Waals surface area contributed by atoms with Crippen LogP contribution in [0.4, 0.5) is 0 Å². The van der Waals surface area contributed by atoms with Crippen LogP contribution in [0.3, 0.4) is 0 Å². The standard InChI is InChI=1S/C25H33B6N3O5/c26-18-16(22(30)33-6-8-38-9-7-33)19(27)21(29)17(20(18)28)23(31)39-14-3-1-2-11-12(14)10-34(25(11)37)13-4-5-15(35)32-24(13)36/h1-3,13,22-23H,4-10,26-31H2,(H,32,35,36). The maximum absolute atomic E-state index is 13.3. The second-order valence-electron chi connectivity index (χ2n) is 11.1. The van der Waals surface area contributed by atoms with Crippen molar-refractivity contribution in [1.82, 2.24) is 15.1 Å². The summed E-state index contributed by atoms with van der Waals surface area (Å²) in [5.74, 6) is 0.0612. The molecule has 0 spiro atoms. The number of carbonyl (C=O) groups excluding carboxylic acids is 3. The van der Waals surface area contributed by atoms with E-state index in [0.717, 1.165) is 31.9 Å². The van der Waals surface area contributed by atoms with Gasteiger partial charge in [-0.2, -0.15) is 0 Å². The van der Waals surface area contributed by atoms with Crippen molar-refractivity contribution in [2.75, 3.05) is 26.3 Å². The molecule has 0 aliphatic carbocycles. The van der Waals surface area contributed by atoms with Gasteiger partial charge in [0.2, 0.25) is 11.8 Å². The Balaban J connectivity index is 1.41. The van der Waals surface area contributed by atoms with Gasteiger partial charge in [0.15, 0.2) is 7.85 Å². The first-order chi connectivity index (χ1) is 18.6. The van der Waals surface area contributed by atoms with Gasteiger partial charge in [0, 0.05) is 36.6 Å². The first-order valence-corrected chi connectivity index (χ1v) is 13.9. The van der Waals surface area contributed by atoms with Gasteiger partial charge in [-0.05, 0) is 24.1 Å². The Hall–Kier alpha value is -2.84. The maximum atomic E-state index is 13.3. The van der Waals surface area contributed by atoms with Crippen molar-refractivity contribution in [2.24, 2.45) is 0 Å². The predicted molar refractivity (Wildman–Crippen MR) is 167 cm³/mol. The normalized spacial score (nSPS) is 21.4. The third-order valence-corrected chi connectivity index (χ3v) is 9.00. The molecule has 8 nitrogen and oxygen atoms in total. The number of benzene rings is 2. The quantitative estimate of drug-likeness (QED) is 0.301. The first kappa shape index (κ1) is 27.7. The average molecular weight is 520 g/mol. The zero-order valence-corrected chi connectivity index (χ0v) is 23.8. The van der Waals surface area contributed by atoms with Gasteiger partial charge in [0.05, 0.1) is 25.8 Å². The molecule has 3 atom stereocenters. The maximum Gasteiger partial charge on any atom is 0.255 e. The van der Waals surface area contributed by atoms with Crippen molar-refractivity contribution in [1.29, 1.82) is 0 Å². The highest BCUT2D eigenvalue weighted by atomic mass is 16.5. The molecule has 0 bridgehead atoms. The zero-order valence-electron chi connectivity index (χ0n) is 23.8. The fourth-order valence-electron chi connectivity index (χ4n) is 6.67. The lowest BCUT2D eigenvalue weighted by Gasteiger charge is -2.36. The highest BCUT2D eigenvalue weighted by Gasteiger charge is 2.40. The van der Waals surface area contributed by atoms with E-state index in [9.17, 15) is 14.4 Å². The number of nitrogens with one attached hydrogen (secondary N) is 1. The molecule has 5 rings (SSSR count). The van der Waals surface area contributed by atoms with Crippen LogP contribution >= 0.6 is 0 Å². The summed E-state index contributed by atoms with van der Waals surface area (Å²) >= 11 is 0. The van der Waals surface area contributed by atoms with E-state index in [0.29, 0.717) is 23.7 Å². The van der Waals surface area contributed by atoms with Crippen molar-refractivity contribution in [3.8, 4) is 5.75 Å².